The lowest BCUT2D eigenvalue weighted by atomic mass is 9.44. The Morgan fingerprint density at radius 1 is 0.867 bits per heavy atom. The van der Waals surface area contributed by atoms with Gasteiger partial charge in [-0.1, -0.05) is 27.7 Å². The molecule has 172 valence electrons. The molecule has 4 saturated carbocycles. The average Bonchev–Trinajstić information content (AvgIpc) is 2.98. The second-order valence-corrected chi connectivity index (χ2v) is 13.0. The zero-order valence-corrected chi connectivity index (χ0v) is 19.9. The minimum Gasteiger partial charge on any atom is -0.393 e. The molecule has 5 aliphatic rings. The number of rotatable bonds is 2. The summed E-state index contributed by atoms with van der Waals surface area (Å²) in [6.45, 7) is 11.1. The molecule has 3 nitrogen and oxygen atoms in total. The molecule has 30 heavy (non-hydrogen) atoms. The van der Waals surface area contributed by atoms with Gasteiger partial charge < -0.3 is 15.5 Å². The van der Waals surface area contributed by atoms with Gasteiger partial charge in [0, 0.05) is 6.04 Å². The number of piperidine rings is 1. The van der Waals surface area contributed by atoms with Crippen LogP contribution in [0.1, 0.15) is 91.9 Å². The molecule has 0 aromatic carbocycles. The summed E-state index contributed by atoms with van der Waals surface area (Å²) in [5.74, 6) is 4.85. The van der Waals surface area contributed by atoms with Crippen molar-refractivity contribution < 1.29 is 10.2 Å². The highest BCUT2D eigenvalue weighted by atomic mass is 16.3. The summed E-state index contributed by atoms with van der Waals surface area (Å²) < 4.78 is 0. The smallest absolute Gasteiger partial charge is 0.0579 e. The predicted octanol–water partition coefficient (Wildman–Crippen LogP) is 5.00. The Kier molecular flexibility index (Phi) is 5.60. The van der Waals surface area contributed by atoms with Gasteiger partial charge in [-0.25, -0.2) is 0 Å². The Labute approximate surface area is 184 Å². The summed E-state index contributed by atoms with van der Waals surface area (Å²) in [4.78, 5) is 0. The Hall–Kier alpha value is -0.120. The van der Waals surface area contributed by atoms with E-state index in [1.807, 2.05) is 0 Å². The van der Waals surface area contributed by atoms with Gasteiger partial charge in [0.25, 0.3) is 0 Å². The molecule has 0 bridgehead atoms. The maximum absolute atomic E-state index is 11.4. The van der Waals surface area contributed by atoms with Crippen LogP contribution in [-0.4, -0.2) is 35.0 Å². The van der Waals surface area contributed by atoms with Gasteiger partial charge in [0.15, 0.2) is 0 Å². The fourth-order valence-corrected chi connectivity index (χ4v) is 9.96. The third kappa shape index (κ3) is 3.24. The van der Waals surface area contributed by atoms with Crippen molar-refractivity contribution in [2.24, 2.45) is 52.3 Å². The summed E-state index contributed by atoms with van der Waals surface area (Å²) in [5.41, 5.74) is 0.737. The van der Waals surface area contributed by atoms with Gasteiger partial charge in [-0.3, -0.25) is 0 Å². The minimum absolute atomic E-state index is 0.0577. The third-order valence-electron chi connectivity index (χ3n) is 11.6. The lowest BCUT2D eigenvalue weighted by molar-refractivity contribution is -0.130. The number of hydrogen-bond donors (Lipinski definition) is 3. The normalized spacial score (nSPS) is 57.2. The highest BCUT2D eigenvalue weighted by molar-refractivity contribution is 5.12. The van der Waals surface area contributed by atoms with Gasteiger partial charge in [-0.2, -0.15) is 0 Å². The van der Waals surface area contributed by atoms with Crippen LogP contribution in [0.4, 0.5) is 0 Å². The van der Waals surface area contributed by atoms with E-state index in [2.05, 4.69) is 33.0 Å². The molecule has 1 aliphatic heterocycles. The van der Waals surface area contributed by atoms with E-state index in [1.165, 1.54) is 44.9 Å². The monoisotopic (exact) mass is 417 g/mol. The van der Waals surface area contributed by atoms with Crippen LogP contribution in [0.25, 0.3) is 0 Å². The number of nitrogens with one attached hydrogen (secondary N) is 1. The van der Waals surface area contributed by atoms with Crippen LogP contribution in [0.3, 0.4) is 0 Å². The Bertz CT molecular complexity index is 630. The SMILES string of the molecule is C[C@H]1CC[C@@H]([C@@H](C)[C@H]2[C@H](O)C[C@H]3[C@@H]4CC[C@H]5C[C@@H](O)CC[C@]5(C)[C@H]4CC[C@]23C)NC1. The average molecular weight is 418 g/mol. The van der Waals surface area contributed by atoms with E-state index < -0.39 is 0 Å². The summed E-state index contributed by atoms with van der Waals surface area (Å²) in [5, 5.41) is 25.5. The molecule has 3 N–H and O–H groups in total. The van der Waals surface area contributed by atoms with E-state index in [9.17, 15) is 10.2 Å². The molecule has 0 aromatic heterocycles. The fourth-order valence-electron chi connectivity index (χ4n) is 9.96. The van der Waals surface area contributed by atoms with Crippen molar-refractivity contribution in [3.8, 4) is 0 Å². The van der Waals surface area contributed by atoms with Crippen LogP contribution in [0.5, 0.6) is 0 Å². The second kappa shape index (κ2) is 7.73. The number of fused-ring (bicyclic) bond motifs is 5. The van der Waals surface area contributed by atoms with Crippen molar-refractivity contribution in [3.05, 3.63) is 0 Å². The summed E-state index contributed by atoms with van der Waals surface area (Å²) in [6.07, 6.45) is 12.0. The highest BCUT2D eigenvalue weighted by Gasteiger charge is 2.63. The summed E-state index contributed by atoms with van der Waals surface area (Å²) in [6, 6.07) is 0.585. The largest absolute Gasteiger partial charge is 0.393 e. The molecule has 4 aliphatic carbocycles. The molecule has 3 heteroatoms. The standard InChI is InChI=1S/C27H47NO2/c1-16-5-8-23(28-15-16)17(2)25-24(30)14-22-20-7-6-18-13-19(29)9-11-26(18,3)21(20)10-12-27(22,25)4/h16-25,28-30H,5-15H2,1-4H3/t16-,17+,18-,19-,20+,21-,22-,23-,24+,25-,26-,27-/m0/s1. The molecule has 0 amide bonds. The highest BCUT2D eigenvalue weighted by Crippen LogP contribution is 2.68. The van der Waals surface area contributed by atoms with Crippen molar-refractivity contribution in [2.75, 3.05) is 6.54 Å². The molecule has 0 aromatic rings. The lowest BCUT2D eigenvalue weighted by Gasteiger charge is -2.61. The van der Waals surface area contributed by atoms with Crippen molar-refractivity contribution in [1.82, 2.24) is 5.32 Å². The van der Waals surface area contributed by atoms with Gasteiger partial charge in [-0.15, -0.1) is 0 Å². The fraction of sp³-hybridized carbons (Fsp3) is 1.00. The first kappa shape index (κ1) is 21.7. The van der Waals surface area contributed by atoms with Gasteiger partial charge in [0.2, 0.25) is 0 Å². The molecular weight excluding hydrogens is 370 g/mol. The molecule has 5 rings (SSSR count). The first-order valence-electron chi connectivity index (χ1n) is 13.3. The van der Waals surface area contributed by atoms with Crippen LogP contribution in [0.2, 0.25) is 0 Å². The van der Waals surface area contributed by atoms with E-state index in [0.29, 0.717) is 34.6 Å². The lowest BCUT2D eigenvalue weighted by Crippen LogP contribution is -2.55. The van der Waals surface area contributed by atoms with E-state index >= 15 is 0 Å². The predicted molar refractivity (Wildman–Crippen MR) is 122 cm³/mol. The minimum atomic E-state index is -0.117. The van der Waals surface area contributed by atoms with Crippen molar-refractivity contribution in [3.63, 3.8) is 0 Å². The first-order valence-corrected chi connectivity index (χ1v) is 13.3. The van der Waals surface area contributed by atoms with Gasteiger partial charge >= 0.3 is 0 Å². The van der Waals surface area contributed by atoms with Crippen LogP contribution < -0.4 is 5.32 Å². The third-order valence-corrected chi connectivity index (χ3v) is 11.6. The zero-order valence-electron chi connectivity index (χ0n) is 19.9. The molecule has 5 fully saturated rings. The van der Waals surface area contributed by atoms with Crippen LogP contribution in [0, 0.1) is 52.3 Å². The Morgan fingerprint density at radius 2 is 1.63 bits per heavy atom. The second-order valence-electron chi connectivity index (χ2n) is 13.0. The molecule has 12 atom stereocenters. The van der Waals surface area contributed by atoms with E-state index in [4.69, 9.17) is 0 Å². The molecular formula is C27H47NO2. The van der Waals surface area contributed by atoms with E-state index in [1.54, 1.807) is 0 Å². The van der Waals surface area contributed by atoms with Crippen molar-refractivity contribution in [1.29, 1.82) is 0 Å². The number of hydrogen-bond acceptors (Lipinski definition) is 3. The molecule has 0 unspecified atom stereocenters. The van der Waals surface area contributed by atoms with Gasteiger partial charge in [0.1, 0.15) is 0 Å². The maximum atomic E-state index is 11.4. The first-order chi connectivity index (χ1) is 14.2. The zero-order chi connectivity index (χ0) is 21.3. The van der Waals surface area contributed by atoms with Crippen molar-refractivity contribution in [2.45, 2.75) is 110 Å². The molecule has 1 heterocycles. The quantitative estimate of drug-likeness (QED) is 0.592. The summed E-state index contributed by atoms with van der Waals surface area (Å²) >= 11 is 0. The van der Waals surface area contributed by atoms with Gasteiger partial charge in [0.05, 0.1) is 12.2 Å². The van der Waals surface area contributed by atoms with Crippen molar-refractivity contribution >= 4 is 0 Å². The Morgan fingerprint density at radius 3 is 2.37 bits per heavy atom. The maximum Gasteiger partial charge on any atom is 0.0579 e. The summed E-state index contributed by atoms with van der Waals surface area (Å²) in [7, 11) is 0. The molecule has 1 saturated heterocycles. The van der Waals surface area contributed by atoms with Crippen LogP contribution >= 0.6 is 0 Å². The topological polar surface area (TPSA) is 52.5 Å². The van der Waals surface area contributed by atoms with E-state index in [-0.39, 0.29) is 12.2 Å². The van der Waals surface area contributed by atoms with Gasteiger partial charge in [-0.05, 0) is 123 Å². The van der Waals surface area contributed by atoms with E-state index in [0.717, 1.165) is 49.5 Å². The Balaban J connectivity index is 1.37. The van der Waals surface area contributed by atoms with Crippen LogP contribution in [-0.2, 0) is 0 Å². The number of aliphatic hydroxyl groups is 2. The number of aliphatic hydroxyl groups excluding tert-OH is 2. The molecule has 0 spiro atoms. The van der Waals surface area contributed by atoms with Crippen LogP contribution in [0.15, 0.2) is 0 Å². The molecule has 0 radical (unpaired) electrons.